The fourth-order valence-electron chi connectivity index (χ4n) is 2.11. The van der Waals surface area contributed by atoms with Gasteiger partial charge in [-0.1, -0.05) is 6.07 Å². The maximum Gasteiger partial charge on any atom is 0.251 e. The molecule has 0 saturated carbocycles. The largest absolute Gasteiger partial charge is 0.385 e. The molecule has 1 aliphatic heterocycles. The quantitative estimate of drug-likeness (QED) is 0.835. The van der Waals surface area contributed by atoms with Crippen molar-refractivity contribution < 1.29 is 9.53 Å². The first-order valence-corrected chi connectivity index (χ1v) is 6.37. The lowest BCUT2D eigenvalue weighted by Gasteiger charge is -2.13. The zero-order chi connectivity index (χ0) is 13.0. The van der Waals surface area contributed by atoms with E-state index in [0.717, 1.165) is 25.1 Å². The summed E-state index contributed by atoms with van der Waals surface area (Å²) >= 11 is 0. The first kappa shape index (κ1) is 12.9. The number of carbonyl (C=O) groups excluding carboxylic acids is 1. The Kier molecular flexibility index (Phi) is 4.20. The molecule has 2 N–H and O–H groups in total. The average Bonchev–Trinajstić information content (AvgIpc) is 2.83. The maximum absolute atomic E-state index is 12.0. The molecule has 18 heavy (non-hydrogen) atoms. The predicted octanol–water partition coefficient (Wildman–Crippen LogP) is 1.81. The Morgan fingerprint density at radius 1 is 1.56 bits per heavy atom. The van der Waals surface area contributed by atoms with Gasteiger partial charge in [0.1, 0.15) is 0 Å². The number of carbonyl (C=O) groups is 1. The Bertz CT molecular complexity index is 432. The van der Waals surface area contributed by atoms with Crippen LogP contribution in [0.2, 0.25) is 0 Å². The molecule has 0 aliphatic carbocycles. The summed E-state index contributed by atoms with van der Waals surface area (Å²) in [5, 5.41) is 6.26. The first-order valence-electron chi connectivity index (χ1n) is 6.37. The number of hydrogen-bond acceptors (Lipinski definition) is 3. The van der Waals surface area contributed by atoms with E-state index in [4.69, 9.17) is 4.74 Å². The van der Waals surface area contributed by atoms with Crippen molar-refractivity contribution in [3.8, 4) is 0 Å². The van der Waals surface area contributed by atoms with Crippen LogP contribution in [-0.2, 0) is 11.2 Å². The second-order valence-corrected chi connectivity index (χ2v) is 4.70. The minimum atomic E-state index is -0.0184. The summed E-state index contributed by atoms with van der Waals surface area (Å²) in [4.78, 5) is 12.0. The zero-order valence-corrected chi connectivity index (χ0v) is 11.0. The van der Waals surface area contributed by atoms with Crippen LogP contribution in [0.3, 0.4) is 0 Å². The van der Waals surface area contributed by atoms with Crippen LogP contribution in [0.25, 0.3) is 0 Å². The second-order valence-electron chi connectivity index (χ2n) is 4.70. The number of amides is 1. The molecular weight excluding hydrogens is 228 g/mol. The van der Waals surface area contributed by atoms with Gasteiger partial charge in [0.15, 0.2) is 0 Å². The Labute approximate surface area is 108 Å². The van der Waals surface area contributed by atoms with Crippen LogP contribution in [-0.4, -0.2) is 32.2 Å². The van der Waals surface area contributed by atoms with Gasteiger partial charge in [0.2, 0.25) is 0 Å². The molecule has 98 valence electrons. The van der Waals surface area contributed by atoms with Crippen LogP contribution in [0, 0.1) is 0 Å². The minimum absolute atomic E-state index is 0.0184. The normalized spacial score (nSPS) is 14.8. The number of fused-ring (bicyclic) bond motifs is 1. The highest BCUT2D eigenvalue weighted by molar-refractivity contribution is 5.95. The van der Waals surface area contributed by atoms with Crippen LogP contribution in [0.5, 0.6) is 0 Å². The van der Waals surface area contributed by atoms with Gasteiger partial charge in [-0.2, -0.15) is 0 Å². The molecule has 1 unspecified atom stereocenters. The van der Waals surface area contributed by atoms with Gasteiger partial charge in [0.25, 0.3) is 5.91 Å². The molecule has 0 bridgehead atoms. The van der Waals surface area contributed by atoms with Crippen LogP contribution in [0.4, 0.5) is 5.69 Å². The number of benzene rings is 1. The summed E-state index contributed by atoms with van der Waals surface area (Å²) < 4.78 is 5.00. The highest BCUT2D eigenvalue weighted by Crippen LogP contribution is 2.23. The maximum atomic E-state index is 12.0. The minimum Gasteiger partial charge on any atom is -0.385 e. The Morgan fingerprint density at radius 2 is 2.39 bits per heavy atom. The summed E-state index contributed by atoms with van der Waals surface area (Å²) in [6, 6.07) is 5.98. The molecule has 1 amide bonds. The number of methoxy groups -OCH3 is 1. The van der Waals surface area contributed by atoms with Crippen LogP contribution < -0.4 is 10.6 Å². The number of ether oxygens (including phenoxy) is 1. The molecule has 1 aliphatic rings. The number of rotatable bonds is 5. The highest BCUT2D eigenvalue weighted by Gasteiger charge is 2.14. The molecule has 0 radical (unpaired) electrons. The van der Waals surface area contributed by atoms with E-state index < -0.39 is 0 Å². The Balaban J connectivity index is 1.96. The van der Waals surface area contributed by atoms with Crippen LogP contribution >= 0.6 is 0 Å². The molecule has 0 aromatic heterocycles. The molecular formula is C14H20N2O2. The molecule has 0 spiro atoms. The second kappa shape index (κ2) is 5.87. The molecule has 4 heteroatoms. The third kappa shape index (κ3) is 3.01. The fourth-order valence-corrected chi connectivity index (χ4v) is 2.11. The standard InChI is InChI=1S/C14H20N2O2/c1-10(6-8-18-2)16-14(17)12-4-3-11-5-7-15-13(11)9-12/h3-4,9-10,15H,5-8H2,1-2H3,(H,16,17). The lowest BCUT2D eigenvalue weighted by molar-refractivity contribution is 0.0929. The van der Waals surface area contributed by atoms with E-state index in [1.54, 1.807) is 7.11 Å². The van der Waals surface area contributed by atoms with Gasteiger partial charge in [-0.3, -0.25) is 4.79 Å². The van der Waals surface area contributed by atoms with Gasteiger partial charge in [0, 0.05) is 37.6 Å². The third-order valence-corrected chi connectivity index (χ3v) is 3.21. The van der Waals surface area contributed by atoms with Gasteiger partial charge >= 0.3 is 0 Å². The molecule has 2 rings (SSSR count). The molecule has 1 atom stereocenters. The average molecular weight is 248 g/mol. The molecule has 4 nitrogen and oxygen atoms in total. The van der Waals surface area contributed by atoms with Gasteiger partial charge in [-0.25, -0.2) is 0 Å². The summed E-state index contributed by atoms with van der Waals surface area (Å²) in [6.07, 6.45) is 1.87. The lowest BCUT2D eigenvalue weighted by atomic mass is 10.1. The highest BCUT2D eigenvalue weighted by atomic mass is 16.5. The predicted molar refractivity (Wildman–Crippen MR) is 72.1 cm³/mol. The van der Waals surface area contributed by atoms with Crippen molar-refractivity contribution in [3.63, 3.8) is 0 Å². The van der Waals surface area contributed by atoms with Gasteiger partial charge in [-0.05, 0) is 37.5 Å². The van der Waals surface area contributed by atoms with Crippen molar-refractivity contribution in [2.24, 2.45) is 0 Å². The Morgan fingerprint density at radius 3 is 3.17 bits per heavy atom. The number of hydrogen-bond donors (Lipinski definition) is 2. The fraction of sp³-hybridized carbons (Fsp3) is 0.500. The van der Waals surface area contributed by atoms with E-state index in [9.17, 15) is 4.79 Å². The summed E-state index contributed by atoms with van der Waals surface area (Å²) in [5.74, 6) is -0.0184. The van der Waals surface area contributed by atoms with Crippen LogP contribution in [0.15, 0.2) is 18.2 Å². The third-order valence-electron chi connectivity index (χ3n) is 3.21. The van der Waals surface area contributed by atoms with Crippen molar-refractivity contribution in [1.29, 1.82) is 0 Å². The van der Waals surface area contributed by atoms with Gasteiger partial charge < -0.3 is 15.4 Å². The van der Waals surface area contributed by atoms with E-state index in [0.29, 0.717) is 12.2 Å². The zero-order valence-electron chi connectivity index (χ0n) is 11.0. The van der Waals surface area contributed by atoms with Crippen LogP contribution in [0.1, 0.15) is 29.3 Å². The smallest absolute Gasteiger partial charge is 0.251 e. The SMILES string of the molecule is COCCC(C)NC(=O)c1ccc2c(c1)NCC2. The molecule has 1 aromatic rings. The summed E-state index contributed by atoms with van der Waals surface area (Å²) in [7, 11) is 1.67. The van der Waals surface area contributed by atoms with Crippen molar-refractivity contribution in [1.82, 2.24) is 5.32 Å². The van der Waals surface area contributed by atoms with E-state index in [2.05, 4.69) is 10.6 Å². The molecule has 0 saturated heterocycles. The van der Waals surface area contributed by atoms with Crippen molar-refractivity contribution >= 4 is 11.6 Å². The number of nitrogens with one attached hydrogen (secondary N) is 2. The van der Waals surface area contributed by atoms with Gasteiger partial charge in [0.05, 0.1) is 0 Å². The van der Waals surface area contributed by atoms with Crippen molar-refractivity contribution in [2.75, 3.05) is 25.6 Å². The topological polar surface area (TPSA) is 50.4 Å². The summed E-state index contributed by atoms with van der Waals surface area (Å²) in [5.41, 5.74) is 3.10. The van der Waals surface area contributed by atoms with E-state index >= 15 is 0 Å². The van der Waals surface area contributed by atoms with E-state index in [-0.39, 0.29) is 11.9 Å². The monoisotopic (exact) mass is 248 g/mol. The number of anilines is 1. The lowest BCUT2D eigenvalue weighted by Crippen LogP contribution is -2.33. The molecule has 0 fully saturated rings. The van der Waals surface area contributed by atoms with E-state index in [1.165, 1.54) is 5.56 Å². The first-order chi connectivity index (χ1) is 8.70. The molecule has 1 aromatic carbocycles. The Hall–Kier alpha value is -1.55. The van der Waals surface area contributed by atoms with Crippen molar-refractivity contribution in [3.05, 3.63) is 29.3 Å². The molecule has 1 heterocycles. The van der Waals surface area contributed by atoms with Gasteiger partial charge in [-0.15, -0.1) is 0 Å². The summed E-state index contributed by atoms with van der Waals surface area (Å²) in [6.45, 7) is 3.61. The van der Waals surface area contributed by atoms with E-state index in [1.807, 2.05) is 25.1 Å². The van der Waals surface area contributed by atoms with Crippen molar-refractivity contribution in [2.45, 2.75) is 25.8 Å².